The summed E-state index contributed by atoms with van der Waals surface area (Å²) in [6.07, 6.45) is -0.637. The van der Waals surface area contributed by atoms with Crippen molar-refractivity contribution in [2.45, 2.75) is 33.1 Å². The number of hydrogen-bond acceptors (Lipinski definition) is 4. The molecule has 1 unspecified atom stereocenters. The summed E-state index contributed by atoms with van der Waals surface area (Å²) in [6.45, 7) is 8.17. The summed E-state index contributed by atoms with van der Waals surface area (Å²) in [5.41, 5.74) is -0.389. The van der Waals surface area contributed by atoms with Gasteiger partial charge in [-0.1, -0.05) is 27.7 Å². The van der Waals surface area contributed by atoms with Gasteiger partial charge in [0.1, 0.15) is 0 Å². The van der Waals surface area contributed by atoms with Crippen LogP contribution in [0.1, 0.15) is 27.7 Å². The highest BCUT2D eigenvalue weighted by Crippen LogP contribution is 2.11. The number of rotatable bonds is 4. The first kappa shape index (κ1) is 12.6. The molecule has 0 aromatic heterocycles. The molecular formula is C9H18O3S. The van der Waals surface area contributed by atoms with Gasteiger partial charge in [-0.2, -0.15) is 0 Å². The fraction of sp³-hybridized carbons (Fsp3) is 0.889. The van der Waals surface area contributed by atoms with Gasteiger partial charge in [0, 0.05) is 0 Å². The molecule has 0 heterocycles. The van der Waals surface area contributed by atoms with E-state index in [0.717, 1.165) is 0 Å². The quantitative estimate of drug-likeness (QED) is 0.436. The molecule has 3 nitrogen and oxygen atoms in total. The second-order valence-electron chi connectivity index (χ2n) is 3.71. The fourth-order valence-electron chi connectivity index (χ4n) is 0.503. The number of carbonyl (C=O) groups is 1. The second-order valence-corrected chi connectivity index (χ2v) is 4.22. The Balaban J connectivity index is 3.62. The molecule has 0 spiro atoms. The van der Waals surface area contributed by atoms with Gasteiger partial charge >= 0.3 is 6.16 Å². The summed E-state index contributed by atoms with van der Waals surface area (Å²) in [7, 11) is 0. The molecule has 0 aromatic rings. The van der Waals surface area contributed by atoms with Crippen LogP contribution in [0.2, 0.25) is 0 Å². The van der Waals surface area contributed by atoms with Crippen LogP contribution in [0.15, 0.2) is 0 Å². The number of thiol groups is 1. The minimum absolute atomic E-state index is 0.190. The molecule has 0 saturated carbocycles. The maximum absolute atomic E-state index is 11.0. The molecule has 0 aliphatic carbocycles. The Hall–Kier alpha value is -0.380. The van der Waals surface area contributed by atoms with Crippen LogP contribution in [-0.2, 0) is 9.47 Å². The molecule has 1 atom stereocenters. The molecule has 0 aliphatic rings. The standard InChI is InChI=1S/C9H18O3S/c1-6(2)5-11-9(10)12-8(13)7(3)4/h6-8,13H,5H2,1-4H3. The van der Waals surface area contributed by atoms with E-state index in [9.17, 15) is 4.79 Å². The van der Waals surface area contributed by atoms with Gasteiger partial charge in [0.25, 0.3) is 0 Å². The predicted molar refractivity (Wildman–Crippen MR) is 54.9 cm³/mol. The van der Waals surface area contributed by atoms with Crippen LogP contribution >= 0.6 is 12.6 Å². The van der Waals surface area contributed by atoms with Gasteiger partial charge < -0.3 is 9.47 Å². The minimum Gasteiger partial charge on any atom is -0.434 e. The summed E-state index contributed by atoms with van der Waals surface area (Å²) in [5, 5.41) is 0. The van der Waals surface area contributed by atoms with Gasteiger partial charge in [0.05, 0.1) is 6.61 Å². The van der Waals surface area contributed by atoms with Crippen LogP contribution in [0.5, 0.6) is 0 Å². The topological polar surface area (TPSA) is 35.5 Å². The number of carbonyl (C=O) groups excluding carboxylic acids is 1. The first-order valence-electron chi connectivity index (χ1n) is 4.45. The van der Waals surface area contributed by atoms with Crippen molar-refractivity contribution >= 4 is 18.8 Å². The molecule has 0 N–H and O–H groups in total. The fourth-order valence-corrected chi connectivity index (χ4v) is 0.589. The Bertz CT molecular complexity index is 157. The Labute approximate surface area is 85.2 Å². The molecule has 0 fully saturated rings. The predicted octanol–water partition coefficient (Wildman–Crippen LogP) is 2.71. The van der Waals surface area contributed by atoms with E-state index in [4.69, 9.17) is 9.47 Å². The van der Waals surface area contributed by atoms with Crippen molar-refractivity contribution in [2.24, 2.45) is 11.8 Å². The zero-order valence-corrected chi connectivity index (χ0v) is 9.51. The van der Waals surface area contributed by atoms with E-state index in [0.29, 0.717) is 12.5 Å². The average molecular weight is 206 g/mol. The maximum atomic E-state index is 11.0. The van der Waals surface area contributed by atoms with Crippen molar-refractivity contribution in [3.8, 4) is 0 Å². The summed E-state index contributed by atoms with van der Waals surface area (Å²) in [5.74, 6) is 0.514. The lowest BCUT2D eigenvalue weighted by Gasteiger charge is -2.15. The van der Waals surface area contributed by atoms with Crippen molar-refractivity contribution in [2.75, 3.05) is 6.61 Å². The Kier molecular flexibility index (Phi) is 5.95. The smallest absolute Gasteiger partial charge is 0.434 e. The SMILES string of the molecule is CC(C)COC(=O)OC(S)C(C)C. The number of ether oxygens (including phenoxy) is 2. The third-order valence-electron chi connectivity index (χ3n) is 1.32. The van der Waals surface area contributed by atoms with Crippen molar-refractivity contribution in [3.05, 3.63) is 0 Å². The van der Waals surface area contributed by atoms with Gasteiger partial charge in [-0.3, -0.25) is 0 Å². The molecule has 4 heteroatoms. The van der Waals surface area contributed by atoms with E-state index in [-0.39, 0.29) is 11.4 Å². The van der Waals surface area contributed by atoms with Gasteiger partial charge in [-0.05, 0) is 11.8 Å². The van der Waals surface area contributed by atoms with Crippen LogP contribution in [0.4, 0.5) is 4.79 Å². The van der Waals surface area contributed by atoms with Gasteiger partial charge in [0.15, 0.2) is 5.44 Å². The van der Waals surface area contributed by atoms with E-state index < -0.39 is 6.16 Å². The maximum Gasteiger partial charge on any atom is 0.509 e. The zero-order valence-electron chi connectivity index (χ0n) is 8.61. The van der Waals surface area contributed by atoms with Crippen LogP contribution in [0, 0.1) is 11.8 Å². The first-order valence-corrected chi connectivity index (χ1v) is 4.96. The van der Waals surface area contributed by atoms with E-state index >= 15 is 0 Å². The lowest BCUT2D eigenvalue weighted by atomic mass is 10.2. The normalized spacial score (nSPS) is 13.2. The molecule has 0 rings (SSSR count). The van der Waals surface area contributed by atoms with Gasteiger partial charge in [-0.25, -0.2) is 4.79 Å². The molecule has 0 aliphatic heterocycles. The molecule has 0 aromatic carbocycles. The highest BCUT2D eigenvalue weighted by atomic mass is 32.1. The van der Waals surface area contributed by atoms with Crippen LogP contribution in [-0.4, -0.2) is 18.2 Å². The molecule has 0 bridgehead atoms. The summed E-state index contributed by atoms with van der Waals surface area (Å²) >= 11 is 4.09. The molecule has 13 heavy (non-hydrogen) atoms. The average Bonchev–Trinajstić information content (AvgIpc) is 2.00. The largest absolute Gasteiger partial charge is 0.509 e. The third kappa shape index (κ3) is 6.75. The van der Waals surface area contributed by atoms with E-state index in [1.807, 2.05) is 27.7 Å². The van der Waals surface area contributed by atoms with Crippen molar-refractivity contribution < 1.29 is 14.3 Å². The Morgan fingerprint density at radius 3 is 2.23 bits per heavy atom. The van der Waals surface area contributed by atoms with Crippen molar-refractivity contribution in [1.29, 1.82) is 0 Å². The molecule has 0 amide bonds. The highest BCUT2D eigenvalue weighted by molar-refractivity contribution is 7.80. The van der Waals surface area contributed by atoms with Gasteiger partial charge in [0.2, 0.25) is 0 Å². The van der Waals surface area contributed by atoms with Crippen molar-refractivity contribution in [1.82, 2.24) is 0 Å². The Morgan fingerprint density at radius 2 is 1.85 bits per heavy atom. The molecule has 0 saturated heterocycles. The van der Waals surface area contributed by atoms with E-state index in [1.165, 1.54) is 0 Å². The summed E-state index contributed by atoms with van der Waals surface area (Å²) < 4.78 is 9.68. The molecule has 0 radical (unpaired) electrons. The third-order valence-corrected chi connectivity index (χ3v) is 2.02. The molecular weight excluding hydrogens is 188 g/mol. The van der Waals surface area contributed by atoms with Crippen LogP contribution in [0.3, 0.4) is 0 Å². The zero-order chi connectivity index (χ0) is 10.4. The lowest BCUT2D eigenvalue weighted by molar-refractivity contribution is 0.0313. The summed E-state index contributed by atoms with van der Waals surface area (Å²) in [6, 6.07) is 0. The first-order chi connectivity index (χ1) is 5.93. The van der Waals surface area contributed by atoms with Crippen LogP contribution in [0.25, 0.3) is 0 Å². The number of hydrogen-bond donors (Lipinski definition) is 1. The minimum atomic E-state index is -0.637. The highest BCUT2D eigenvalue weighted by Gasteiger charge is 2.14. The summed E-state index contributed by atoms with van der Waals surface area (Å²) in [4.78, 5) is 11.0. The van der Waals surface area contributed by atoms with Gasteiger partial charge in [-0.15, -0.1) is 12.6 Å². The van der Waals surface area contributed by atoms with Crippen LogP contribution < -0.4 is 0 Å². The Morgan fingerprint density at radius 1 is 1.31 bits per heavy atom. The molecule has 78 valence electrons. The van der Waals surface area contributed by atoms with E-state index in [1.54, 1.807) is 0 Å². The van der Waals surface area contributed by atoms with Crippen molar-refractivity contribution in [3.63, 3.8) is 0 Å². The monoisotopic (exact) mass is 206 g/mol. The second kappa shape index (κ2) is 6.13. The lowest BCUT2D eigenvalue weighted by Crippen LogP contribution is -2.20. The van der Waals surface area contributed by atoms with E-state index in [2.05, 4.69) is 12.6 Å².